The molecule has 0 saturated carbocycles. The molecule has 0 atom stereocenters. The first-order valence-corrected chi connectivity index (χ1v) is 9.17. The minimum Gasteiger partial charge on any atom is -0.484 e. The lowest BCUT2D eigenvalue weighted by molar-refractivity contribution is -0.142. The molecular weight excluding hydrogens is 318 g/mol. The smallest absolute Gasteiger partial charge is 0.307 e. The van der Waals surface area contributed by atoms with E-state index in [0.717, 1.165) is 32.1 Å². The van der Waals surface area contributed by atoms with Crippen molar-refractivity contribution >= 4 is 11.9 Å². The Bertz CT molecular complexity index is 530. The van der Waals surface area contributed by atoms with Gasteiger partial charge in [-0.2, -0.15) is 0 Å². The summed E-state index contributed by atoms with van der Waals surface area (Å²) in [6, 6.07) is 7.77. The predicted molar refractivity (Wildman–Crippen MR) is 98.7 cm³/mol. The van der Waals surface area contributed by atoms with Gasteiger partial charge in [0.25, 0.3) is 5.91 Å². The number of hydrogen-bond acceptors (Lipinski definition) is 4. The van der Waals surface area contributed by atoms with Crippen molar-refractivity contribution in [3.63, 3.8) is 0 Å². The standard InChI is InChI=1S/C20H31NO4/c1-4-6-7-8-13-21(14-12-20(23)24-3)19(22)16-25-18-11-9-10-17(5-2)15-18/h9-11,15H,4-8,12-14,16H2,1-3H3. The Morgan fingerprint density at radius 1 is 1.08 bits per heavy atom. The summed E-state index contributed by atoms with van der Waals surface area (Å²) in [5.41, 5.74) is 1.17. The van der Waals surface area contributed by atoms with Crippen molar-refractivity contribution in [1.29, 1.82) is 0 Å². The van der Waals surface area contributed by atoms with Gasteiger partial charge in [-0.05, 0) is 30.5 Å². The molecule has 5 heteroatoms. The zero-order valence-electron chi connectivity index (χ0n) is 15.8. The van der Waals surface area contributed by atoms with Crippen LogP contribution in [0.3, 0.4) is 0 Å². The zero-order chi connectivity index (χ0) is 18.5. The third kappa shape index (κ3) is 8.57. The molecule has 1 rings (SSSR count). The average Bonchev–Trinajstić information content (AvgIpc) is 2.65. The molecular formula is C20H31NO4. The van der Waals surface area contributed by atoms with Crippen LogP contribution in [0.1, 0.15) is 51.5 Å². The van der Waals surface area contributed by atoms with Crippen molar-refractivity contribution in [3.05, 3.63) is 29.8 Å². The van der Waals surface area contributed by atoms with Crippen molar-refractivity contribution in [1.82, 2.24) is 4.90 Å². The minimum atomic E-state index is -0.303. The van der Waals surface area contributed by atoms with Crippen LogP contribution in [-0.4, -0.2) is 43.6 Å². The number of carbonyl (C=O) groups is 2. The van der Waals surface area contributed by atoms with Crippen LogP contribution in [0.15, 0.2) is 24.3 Å². The fraction of sp³-hybridized carbons (Fsp3) is 0.600. The maximum absolute atomic E-state index is 12.5. The molecule has 0 fully saturated rings. The van der Waals surface area contributed by atoms with E-state index in [1.165, 1.54) is 12.7 Å². The molecule has 5 nitrogen and oxygen atoms in total. The van der Waals surface area contributed by atoms with E-state index in [9.17, 15) is 9.59 Å². The number of methoxy groups -OCH3 is 1. The van der Waals surface area contributed by atoms with E-state index in [1.807, 2.05) is 24.3 Å². The van der Waals surface area contributed by atoms with Gasteiger partial charge in [-0.3, -0.25) is 9.59 Å². The summed E-state index contributed by atoms with van der Waals surface area (Å²) in [5, 5.41) is 0. The van der Waals surface area contributed by atoms with E-state index in [0.29, 0.717) is 18.8 Å². The Labute approximate surface area is 151 Å². The minimum absolute atomic E-state index is 0.0118. The quantitative estimate of drug-likeness (QED) is 0.427. The van der Waals surface area contributed by atoms with Gasteiger partial charge in [0.15, 0.2) is 6.61 Å². The highest BCUT2D eigenvalue weighted by atomic mass is 16.5. The number of amides is 1. The number of rotatable bonds is 12. The second kappa shape index (κ2) is 12.3. The molecule has 0 aliphatic rings. The van der Waals surface area contributed by atoms with Gasteiger partial charge < -0.3 is 14.4 Å². The monoisotopic (exact) mass is 349 g/mol. The maximum Gasteiger partial charge on any atom is 0.307 e. The third-order valence-electron chi connectivity index (χ3n) is 4.12. The lowest BCUT2D eigenvalue weighted by atomic mass is 10.2. The van der Waals surface area contributed by atoms with Gasteiger partial charge in [0.05, 0.1) is 13.5 Å². The van der Waals surface area contributed by atoms with E-state index in [2.05, 4.69) is 18.6 Å². The summed E-state index contributed by atoms with van der Waals surface area (Å²) in [6.07, 6.45) is 5.45. The Kier molecular flexibility index (Phi) is 10.4. The van der Waals surface area contributed by atoms with E-state index >= 15 is 0 Å². The summed E-state index contributed by atoms with van der Waals surface area (Å²) < 4.78 is 10.3. The van der Waals surface area contributed by atoms with Gasteiger partial charge in [0, 0.05) is 13.1 Å². The Hall–Kier alpha value is -2.04. The summed E-state index contributed by atoms with van der Waals surface area (Å²) >= 11 is 0. The molecule has 0 aromatic heterocycles. The number of benzene rings is 1. The Balaban J connectivity index is 2.55. The molecule has 140 valence electrons. The molecule has 1 amide bonds. The molecule has 1 aromatic carbocycles. The molecule has 0 aliphatic heterocycles. The zero-order valence-corrected chi connectivity index (χ0v) is 15.8. The van der Waals surface area contributed by atoms with Gasteiger partial charge in [0.1, 0.15) is 5.75 Å². The van der Waals surface area contributed by atoms with Crippen LogP contribution in [0.25, 0.3) is 0 Å². The fourth-order valence-corrected chi connectivity index (χ4v) is 2.51. The molecule has 0 heterocycles. The number of esters is 1. The Morgan fingerprint density at radius 2 is 1.88 bits per heavy atom. The number of aryl methyl sites for hydroxylation is 1. The third-order valence-corrected chi connectivity index (χ3v) is 4.12. The Morgan fingerprint density at radius 3 is 2.56 bits per heavy atom. The second-order valence-electron chi connectivity index (χ2n) is 6.06. The number of ether oxygens (including phenoxy) is 2. The van der Waals surface area contributed by atoms with Gasteiger partial charge in [-0.25, -0.2) is 0 Å². The number of unbranched alkanes of at least 4 members (excludes halogenated alkanes) is 3. The summed E-state index contributed by atoms with van der Waals surface area (Å²) in [4.78, 5) is 25.6. The SMILES string of the molecule is CCCCCCN(CCC(=O)OC)C(=O)COc1cccc(CC)c1. The van der Waals surface area contributed by atoms with E-state index in [1.54, 1.807) is 4.90 Å². The number of carbonyl (C=O) groups excluding carboxylic acids is 2. The normalized spacial score (nSPS) is 10.4. The van der Waals surface area contributed by atoms with Crippen LogP contribution in [-0.2, 0) is 20.7 Å². The lowest BCUT2D eigenvalue weighted by Gasteiger charge is -2.22. The van der Waals surface area contributed by atoms with Crippen molar-refractivity contribution in [3.8, 4) is 5.75 Å². The highest BCUT2D eigenvalue weighted by molar-refractivity contribution is 5.78. The topological polar surface area (TPSA) is 55.8 Å². The molecule has 0 spiro atoms. The van der Waals surface area contributed by atoms with Crippen LogP contribution in [0.4, 0.5) is 0 Å². The summed E-state index contributed by atoms with van der Waals surface area (Å²) in [7, 11) is 1.36. The van der Waals surface area contributed by atoms with E-state index in [-0.39, 0.29) is 24.9 Å². The highest BCUT2D eigenvalue weighted by Gasteiger charge is 2.15. The van der Waals surface area contributed by atoms with Crippen molar-refractivity contribution in [2.24, 2.45) is 0 Å². The van der Waals surface area contributed by atoms with Crippen LogP contribution in [0.5, 0.6) is 5.75 Å². The van der Waals surface area contributed by atoms with Crippen LogP contribution < -0.4 is 4.74 Å². The van der Waals surface area contributed by atoms with Gasteiger partial charge >= 0.3 is 5.97 Å². The van der Waals surface area contributed by atoms with Crippen molar-refractivity contribution < 1.29 is 19.1 Å². The average molecular weight is 349 g/mol. The predicted octanol–water partition coefficient (Wildman–Crippen LogP) is 3.60. The molecule has 0 N–H and O–H groups in total. The van der Waals surface area contributed by atoms with Gasteiger partial charge in [0.2, 0.25) is 0 Å². The molecule has 25 heavy (non-hydrogen) atoms. The molecule has 0 saturated heterocycles. The largest absolute Gasteiger partial charge is 0.484 e. The number of nitrogens with zero attached hydrogens (tertiary/aromatic N) is 1. The molecule has 0 bridgehead atoms. The second-order valence-corrected chi connectivity index (χ2v) is 6.06. The maximum atomic E-state index is 12.5. The van der Waals surface area contributed by atoms with Gasteiger partial charge in [-0.15, -0.1) is 0 Å². The highest BCUT2D eigenvalue weighted by Crippen LogP contribution is 2.14. The number of hydrogen-bond donors (Lipinski definition) is 0. The summed E-state index contributed by atoms with van der Waals surface area (Å²) in [5.74, 6) is 0.303. The first-order valence-electron chi connectivity index (χ1n) is 9.17. The first kappa shape index (κ1) is 21.0. The molecule has 0 radical (unpaired) electrons. The molecule has 1 aromatic rings. The van der Waals surface area contributed by atoms with Crippen molar-refractivity contribution in [2.75, 3.05) is 26.8 Å². The van der Waals surface area contributed by atoms with Crippen LogP contribution in [0.2, 0.25) is 0 Å². The van der Waals surface area contributed by atoms with E-state index < -0.39 is 0 Å². The lowest BCUT2D eigenvalue weighted by Crippen LogP contribution is -2.37. The van der Waals surface area contributed by atoms with Gasteiger partial charge in [-0.1, -0.05) is 45.2 Å². The van der Waals surface area contributed by atoms with Crippen LogP contribution in [0, 0.1) is 0 Å². The molecule has 0 aliphatic carbocycles. The summed E-state index contributed by atoms with van der Waals surface area (Å²) in [6.45, 7) is 5.24. The van der Waals surface area contributed by atoms with E-state index in [4.69, 9.17) is 4.74 Å². The molecule has 0 unspecified atom stereocenters. The van der Waals surface area contributed by atoms with Crippen molar-refractivity contribution in [2.45, 2.75) is 52.4 Å². The fourth-order valence-electron chi connectivity index (χ4n) is 2.51. The first-order chi connectivity index (χ1) is 12.1. The van der Waals surface area contributed by atoms with Crippen LogP contribution >= 0.6 is 0 Å².